The van der Waals surface area contributed by atoms with Crippen LogP contribution in [0.25, 0.3) is 0 Å². The molecule has 0 aliphatic rings. The molecule has 0 bridgehead atoms. The van der Waals surface area contributed by atoms with Gasteiger partial charge in [0.15, 0.2) is 0 Å². The number of aromatic nitrogens is 2. The molecule has 1 aromatic rings. The van der Waals surface area contributed by atoms with Gasteiger partial charge in [0, 0.05) is 13.3 Å². The molecule has 0 amide bonds. The highest BCUT2D eigenvalue weighted by Gasteiger charge is 2.09. The molecule has 0 radical (unpaired) electrons. The largest absolute Gasteiger partial charge is 0.425 e. The number of ketones is 1. The van der Waals surface area contributed by atoms with Crippen LogP contribution >= 0.6 is 0 Å². The van der Waals surface area contributed by atoms with E-state index in [1.807, 2.05) is 13.8 Å². The Morgan fingerprint density at radius 1 is 1.47 bits per heavy atom. The van der Waals surface area contributed by atoms with Crippen LogP contribution in [0.3, 0.4) is 0 Å². The summed E-state index contributed by atoms with van der Waals surface area (Å²) < 4.78 is 10.4. The first-order chi connectivity index (χ1) is 7.08. The van der Waals surface area contributed by atoms with Gasteiger partial charge in [0.1, 0.15) is 5.78 Å². The first kappa shape index (κ1) is 11.8. The van der Waals surface area contributed by atoms with E-state index in [9.17, 15) is 4.79 Å². The number of Topliss-reactive ketones (excluding diaryl/α,β-unsaturated/α-hetero) is 1. The Morgan fingerprint density at radius 3 is 2.73 bits per heavy atom. The quantitative estimate of drug-likeness (QED) is 0.711. The zero-order valence-electron chi connectivity index (χ0n) is 9.32. The first-order valence-electron chi connectivity index (χ1n) is 5.00. The van der Waals surface area contributed by atoms with E-state index in [0.29, 0.717) is 24.8 Å². The molecule has 0 fully saturated rings. The second kappa shape index (κ2) is 5.60. The monoisotopic (exact) mass is 212 g/mol. The molecule has 0 aliphatic carbocycles. The second-order valence-corrected chi connectivity index (χ2v) is 3.60. The third-order valence-corrected chi connectivity index (χ3v) is 1.75. The molecule has 0 spiro atoms. The number of hydrogen-bond acceptors (Lipinski definition) is 5. The zero-order valence-corrected chi connectivity index (χ0v) is 9.32. The number of rotatable bonds is 6. The number of nitrogens with zero attached hydrogens (tertiary/aromatic N) is 2. The van der Waals surface area contributed by atoms with Gasteiger partial charge in [-0.05, 0) is 13.8 Å². The van der Waals surface area contributed by atoms with E-state index in [4.69, 9.17) is 9.15 Å². The number of carbonyl (C=O) groups is 1. The van der Waals surface area contributed by atoms with Gasteiger partial charge in [-0.1, -0.05) is 0 Å². The van der Waals surface area contributed by atoms with Gasteiger partial charge in [0.05, 0.1) is 19.1 Å². The molecule has 0 aliphatic heterocycles. The summed E-state index contributed by atoms with van der Waals surface area (Å²) >= 11 is 0. The van der Waals surface area contributed by atoms with Crippen molar-refractivity contribution in [3.63, 3.8) is 0 Å². The zero-order chi connectivity index (χ0) is 11.3. The van der Waals surface area contributed by atoms with Crippen molar-refractivity contribution in [2.24, 2.45) is 0 Å². The average molecular weight is 212 g/mol. The maximum Gasteiger partial charge on any atom is 0.223 e. The fraction of sp³-hybridized carbons (Fsp3) is 0.700. The molecular weight excluding hydrogens is 196 g/mol. The summed E-state index contributed by atoms with van der Waals surface area (Å²) in [6, 6.07) is 0. The van der Waals surface area contributed by atoms with Crippen molar-refractivity contribution in [3.05, 3.63) is 11.8 Å². The summed E-state index contributed by atoms with van der Waals surface area (Å²) in [6.07, 6.45) is 0.741. The van der Waals surface area contributed by atoms with E-state index in [2.05, 4.69) is 10.2 Å². The van der Waals surface area contributed by atoms with E-state index >= 15 is 0 Å². The van der Waals surface area contributed by atoms with Gasteiger partial charge in [-0.2, -0.15) is 0 Å². The van der Waals surface area contributed by atoms with Crippen LogP contribution in [0.1, 0.15) is 32.0 Å². The summed E-state index contributed by atoms with van der Waals surface area (Å²) in [7, 11) is 0. The minimum Gasteiger partial charge on any atom is -0.425 e. The molecule has 0 saturated carbocycles. The van der Waals surface area contributed by atoms with Crippen LogP contribution in [0.4, 0.5) is 0 Å². The molecule has 0 saturated heterocycles. The van der Waals surface area contributed by atoms with Crippen molar-refractivity contribution in [2.45, 2.75) is 39.7 Å². The Hall–Kier alpha value is -1.23. The van der Waals surface area contributed by atoms with Crippen LogP contribution in [-0.4, -0.2) is 28.7 Å². The number of ether oxygens (including phenoxy) is 1. The lowest BCUT2D eigenvalue weighted by atomic mass is 10.2. The Kier molecular flexibility index (Phi) is 4.42. The van der Waals surface area contributed by atoms with Crippen LogP contribution < -0.4 is 0 Å². The Labute approximate surface area is 88.8 Å². The minimum atomic E-state index is 0.0549. The molecule has 15 heavy (non-hydrogen) atoms. The standard InChI is InChI=1S/C10H16N2O3/c1-7(2)14-5-4-9(13)6-10-12-11-8(3)15-10/h7H,4-6H2,1-3H3. The highest BCUT2D eigenvalue weighted by atomic mass is 16.5. The van der Waals surface area contributed by atoms with E-state index in [1.54, 1.807) is 6.92 Å². The molecule has 5 nitrogen and oxygen atoms in total. The van der Waals surface area contributed by atoms with Gasteiger partial charge in [0.25, 0.3) is 0 Å². The maximum atomic E-state index is 11.4. The lowest BCUT2D eigenvalue weighted by molar-refractivity contribution is -0.120. The molecule has 0 unspecified atom stereocenters. The molecule has 0 N–H and O–H groups in total. The van der Waals surface area contributed by atoms with E-state index in [0.717, 1.165) is 0 Å². The Morgan fingerprint density at radius 2 is 2.20 bits per heavy atom. The summed E-state index contributed by atoms with van der Waals surface area (Å²) in [5.74, 6) is 0.914. The van der Waals surface area contributed by atoms with Crippen molar-refractivity contribution in [1.82, 2.24) is 10.2 Å². The molecule has 1 aromatic heterocycles. The van der Waals surface area contributed by atoms with Gasteiger partial charge >= 0.3 is 0 Å². The number of aryl methyl sites for hydroxylation is 1. The molecule has 84 valence electrons. The van der Waals surface area contributed by atoms with Crippen molar-refractivity contribution >= 4 is 5.78 Å². The van der Waals surface area contributed by atoms with E-state index < -0.39 is 0 Å². The van der Waals surface area contributed by atoms with Gasteiger partial charge < -0.3 is 9.15 Å². The Bertz CT molecular complexity index is 320. The lowest BCUT2D eigenvalue weighted by Gasteiger charge is -2.05. The van der Waals surface area contributed by atoms with Crippen molar-refractivity contribution in [2.75, 3.05) is 6.61 Å². The highest BCUT2D eigenvalue weighted by Crippen LogP contribution is 2.01. The predicted molar refractivity (Wildman–Crippen MR) is 53.5 cm³/mol. The molecule has 0 atom stereocenters. The van der Waals surface area contributed by atoms with Crippen LogP contribution in [0.2, 0.25) is 0 Å². The molecular formula is C10H16N2O3. The van der Waals surface area contributed by atoms with Gasteiger partial charge in [-0.15, -0.1) is 10.2 Å². The second-order valence-electron chi connectivity index (χ2n) is 3.60. The summed E-state index contributed by atoms with van der Waals surface area (Å²) in [6.45, 7) is 6.02. The van der Waals surface area contributed by atoms with E-state index in [-0.39, 0.29) is 18.3 Å². The van der Waals surface area contributed by atoms with Gasteiger partial charge in [-0.25, -0.2) is 0 Å². The highest BCUT2D eigenvalue weighted by molar-refractivity contribution is 5.79. The summed E-state index contributed by atoms with van der Waals surface area (Å²) in [4.78, 5) is 11.4. The topological polar surface area (TPSA) is 65.2 Å². The molecule has 5 heteroatoms. The number of hydrogen-bond donors (Lipinski definition) is 0. The molecule has 0 aromatic carbocycles. The smallest absolute Gasteiger partial charge is 0.223 e. The van der Waals surface area contributed by atoms with Crippen molar-refractivity contribution < 1.29 is 13.9 Å². The lowest BCUT2D eigenvalue weighted by Crippen LogP contribution is -2.10. The van der Waals surface area contributed by atoms with Gasteiger partial charge in [0.2, 0.25) is 11.8 Å². The molecule has 1 heterocycles. The van der Waals surface area contributed by atoms with Crippen LogP contribution in [-0.2, 0) is 16.0 Å². The van der Waals surface area contributed by atoms with Gasteiger partial charge in [-0.3, -0.25) is 4.79 Å². The summed E-state index contributed by atoms with van der Waals surface area (Å²) in [5.41, 5.74) is 0. The van der Waals surface area contributed by atoms with Crippen molar-refractivity contribution in [3.8, 4) is 0 Å². The molecule has 1 rings (SSSR count). The SMILES string of the molecule is Cc1nnc(CC(=O)CCOC(C)C)o1. The fourth-order valence-corrected chi connectivity index (χ4v) is 1.07. The van der Waals surface area contributed by atoms with E-state index in [1.165, 1.54) is 0 Å². The minimum absolute atomic E-state index is 0.0549. The average Bonchev–Trinajstić information content (AvgIpc) is 2.50. The van der Waals surface area contributed by atoms with Crippen molar-refractivity contribution in [1.29, 1.82) is 0 Å². The predicted octanol–water partition coefficient (Wildman–Crippen LogP) is 1.30. The Balaban J connectivity index is 2.24. The first-order valence-corrected chi connectivity index (χ1v) is 5.00. The third-order valence-electron chi connectivity index (χ3n) is 1.75. The fourth-order valence-electron chi connectivity index (χ4n) is 1.07. The summed E-state index contributed by atoms with van der Waals surface area (Å²) in [5, 5.41) is 7.40. The number of carbonyl (C=O) groups excluding carboxylic acids is 1. The van der Waals surface area contributed by atoms with Crippen LogP contribution in [0.15, 0.2) is 4.42 Å². The van der Waals surface area contributed by atoms with Crippen LogP contribution in [0, 0.1) is 6.92 Å². The third kappa shape index (κ3) is 4.69. The maximum absolute atomic E-state index is 11.4. The normalized spacial score (nSPS) is 10.9. The van der Waals surface area contributed by atoms with Crippen LogP contribution in [0.5, 0.6) is 0 Å².